The van der Waals surface area contributed by atoms with Gasteiger partial charge in [-0.15, -0.1) is 11.5 Å². The van der Waals surface area contributed by atoms with Gasteiger partial charge in [0.05, 0.1) is 13.2 Å². The number of hydrogen-bond acceptors (Lipinski definition) is 4. The van der Waals surface area contributed by atoms with Crippen LogP contribution in [0.4, 0.5) is 0 Å². The van der Waals surface area contributed by atoms with E-state index in [2.05, 4.69) is 50.6 Å². The molecule has 0 heterocycles. The summed E-state index contributed by atoms with van der Waals surface area (Å²) < 4.78 is 9.91. The minimum atomic E-state index is -1.74. The van der Waals surface area contributed by atoms with Crippen molar-refractivity contribution in [3.05, 3.63) is 0 Å². The zero-order valence-electron chi connectivity index (χ0n) is 15.1. The van der Waals surface area contributed by atoms with E-state index in [0.717, 1.165) is 0 Å². The molecule has 0 rings (SSSR count). The lowest BCUT2D eigenvalue weighted by Crippen LogP contribution is -2.45. The van der Waals surface area contributed by atoms with Crippen LogP contribution in [0.1, 0.15) is 27.2 Å². The van der Waals surface area contributed by atoms with Crippen molar-refractivity contribution in [1.29, 1.82) is 0 Å². The molecule has 0 aliphatic rings. The number of primary amides is 1. The summed E-state index contributed by atoms with van der Waals surface area (Å²) in [4.78, 5) is 23.2. The molecule has 0 aliphatic carbocycles. The predicted molar refractivity (Wildman–Crippen MR) is 93.4 cm³/mol. The largest absolute Gasteiger partial charge is 0.382 e. The summed E-state index contributed by atoms with van der Waals surface area (Å²) in [6, 6.07) is -0.800. The van der Waals surface area contributed by atoms with E-state index in [1.54, 1.807) is 7.11 Å². The van der Waals surface area contributed by atoms with Crippen LogP contribution in [-0.2, 0) is 19.1 Å². The van der Waals surface area contributed by atoms with Crippen LogP contribution in [0.2, 0.25) is 18.1 Å². The van der Waals surface area contributed by atoms with Crippen LogP contribution in [0.15, 0.2) is 0 Å². The van der Waals surface area contributed by atoms with Crippen molar-refractivity contribution in [2.75, 3.05) is 26.9 Å². The van der Waals surface area contributed by atoms with Crippen LogP contribution < -0.4 is 11.1 Å². The molecule has 0 aromatic carbocycles. The Morgan fingerprint density at radius 3 is 2.35 bits per heavy atom. The Morgan fingerprint density at radius 2 is 1.87 bits per heavy atom. The highest BCUT2D eigenvalue weighted by Gasteiger charge is 2.33. The van der Waals surface area contributed by atoms with Crippen molar-refractivity contribution < 1.29 is 19.1 Å². The first-order valence-corrected chi connectivity index (χ1v) is 10.7. The normalized spacial score (nSPS) is 13.0. The third kappa shape index (κ3) is 8.74. The number of ether oxygens (including phenoxy) is 2. The van der Waals surface area contributed by atoms with Crippen molar-refractivity contribution in [2.45, 2.75) is 51.4 Å². The molecule has 1 atom stereocenters. The number of hydrogen-bond donors (Lipinski definition) is 2. The Kier molecular flexibility index (Phi) is 9.13. The average Bonchev–Trinajstić information content (AvgIpc) is 2.41. The molecule has 0 bridgehead atoms. The third-order valence-electron chi connectivity index (χ3n) is 3.93. The van der Waals surface area contributed by atoms with Crippen LogP contribution in [0, 0.1) is 11.5 Å². The standard InChI is InChI=1S/C16H30N2O4Si/c1-16(2,3)23(5,6)11-7-8-13(15(17)20)18-14(19)12-22-10-9-21-4/h13H,8-10,12H2,1-6H3,(H2,17,20)(H,18,19)/t13-/m0/s1. The van der Waals surface area contributed by atoms with Crippen molar-refractivity contribution in [1.82, 2.24) is 5.32 Å². The molecular weight excluding hydrogens is 312 g/mol. The maximum atomic E-state index is 11.7. The summed E-state index contributed by atoms with van der Waals surface area (Å²) in [6.07, 6.45) is 0.214. The van der Waals surface area contributed by atoms with E-state index in [4.69, 9.17) is 15.2 Å². The summed E-state index contributed by atoms with van der Waals surface area (Å²) >= 11 is 0. The Hall–Kier alpha value is -1.36. The molecule has 0 unspecified atom stereocenters. The number of methoxy groups -OCH3 is 1. The van der Waals surface area contributed by atoms with Gasteiger partial charge < -0.3 is 20.5 Å². The second-order valence-electron chi connectivity index (χ2n) is 6.95. The number of carbonyl (C=O) groups excluding carboxylic acids is 2. The van der Waals surface area contributed by atoms with Gasteiger partial charge in [0.1, 0.15) is 20.7 Å². The molecule has 23 heavy (non-hydrogen) atoms. The average molecular weight is 343 g/mol. The maximum absolute atomic E-state index is 11.7. The molecule has 0 aromatic heterocycles. The summed E-state index contributed by atoms with van der Waals surface area (Å²) in [5.41, 5.74) is 8.63. The van der Waals surface area contributed by atoms with Crippen molar-refractivity contribution in [3.8, 4) is 11.5 Å². The minimum Gasteiger partial charge on any atom is -0.382 e. The number of carbonyl (C=O) groups is 2. The first kappa shape index (κ1) is 21.6. The highest BCUT2D eigenvalue weighted by molar-refractivity contribution is 6.87. The van der Waals surface area contributed by atoms with Crippen LogP contribution in [0.25, 0.3) is 0 Å². The van der Waals surface area contributed by atoms with E-state index in [1.807, 2.05) is 0 Å². The maximum Gasteiger partial charge on any atom is 0.246 e. The fraction of sp³-hybridized carbons (Fsp3) is 0.750. The van der Waals surface area contributed by atoms with E-state index in [0.29, 0.717) is 13.2 Å². The van der Waals surface area contributed by atoms with Crippen LogP contribution in [0.3, 0.4) is 0 Å². The zero-order chi connectivity index (χ0) is 18.1. The first-order valence-electron chi connectivity index (χ1n) is 7.66. The van der Waals surface area contributed by atoms with E-state index >= 15 is 0 Å². The van der Waals surface area contributed by atoms with Crippen LogP contribution in [0.5, 0.6) is 0 Å². The minimum absolute atomic E-state index is 0.136. The Morgan fingerprint density at radius 1 is 1.26 bits per heavy atom. The van der Waals surface area contributed by atoms with E-state index < -0.39 is 20.0 Å². The summed E-state index contributed by atoms with van der Waals surface area (Å²) in [7, 11) is -0.192. The molecule has 2 amide bonds. The molecule has 0 spiro atoms. The summed E-state index contributed by atoms with van der Waals surface area (Å²) in [5.74, 6) is 2.04. The van der Waals surface area contributed by atoms with Gasteiger partial charge in [0.25, 0.3) is 0 Å². The Labute approximate surface area is 140 Å². The summed E-state index contributed by atoms with van der Waals surface area (Å²) in [5, 5.41) is 2.69. The van der Waals surface area contributed by atoms with E-state index in [9.17, 15) is 9.59 Å². The van der Waals surface area contributed by atoms with Gasteiger partial charge in [-0.3, -0.25) is 9.59 Å². The molecule has 0 radical (unpaired) electrons. The number of rotatable bonds is 8. The molecule has 3 N–H and O–H groups in total. The van der Waals surface area contributed by atoms with Crippen molar-refractivity contribution in [2.24, 2.45) is 5.73 Å². The molecule has 7 heteroatoms. The van der Waals surface area contributed by atoms with Gasteiger partial charge in [0, 0.05) is 13.5 Å². The van der Waals surface area contributed by atoms with Gasteiger partial charge in [-0.2, -0.15) is 0 Å². The number of nitrogens with two attached hydrogens (primary N) is 1. The van der Waals surface area contributed by atoms with Gasteiger partial charge in [0.2, 0.25) is 11.8 Å². The number of nitrogens with one attached hydrogen (secondary N) is 1. The quantitative estimate of drug-likeness (QED) is 0.392. The molecule has 0 aromatic rings. The highest BCUT2D eigenvalue weighted by atomic mass is 28.3. The third-order valence-corrected chi connectivity index (χ3v) is 8.48. The van der Waals surface area contributed by atoms with Gasteiger partial charge >= 0.3 is 0 Å². The zero-order valence-corrected chi connectivity index (χ0v) is 16.1. The molecular formula is C16H30N2O4Si. The van der Waals surface area contributed by atoms with E-state index in [1.165, 1.54) is 0 Å². The Balaban J connectivity index is 4.56. The first-order chi connectivity index (χ1) is 10.5. The van der Waals surface area contributed by atoms with Gasteiger partial charge in [-0.05, 0) is 5.04 Å². The lowest BCUT2D eigenvalue weighted by Gasteiger charge is -2.31. The molecule has 6 nitrogen and oxygen atoms in total. The fourth-order valence-electron chi connectivity index (χ4n) is 1.33. The molecule has 0 fully saturated rings. The van der Waals surface area contributed by atoms with E-state index in [-0.39, 0.29) is 24.0 Å². The predicted octanol–water partition coefficient (Wildman–Crippen LogP) is 1.06. The van der Waals surface area contributed by atoms with Gasteiger partial charge in [-0.25, -0.2) is 0 Å². The van der Waals surface area contributed by atoms with Crippen molar-refractivity contribution >= 4 is 19.9 Å². The monoisotopic (exact) mass is 342 g/mol. The molecule has 0 saturated heterocycles. The SMILES string of the molecule is COCCOCC(=O)N[C@@H](CC#C[Si](C)(C)C(C)(C)C)C(N)=O. The molecule has 0 aliphatic heterocycles. The molecule has 132 valence electrons. The topological polar surface area (TPSA) is 90.7 Å². The number of amides is 2. The van der Waals surface area contributed by atoms with Crippen LogP contribution >= 0.6 is 0 Å². The van der Waals surface area contributed by atoms with Crippen LogP contribution in [-0.4, -0.2) is 52.9 Å². The molecule has 0 saturated carbocycles. The summed E-state index contributed by atoms with van der Waals surface area (Å²) in [6.45, 7) is 11.4. The highest BCUT2D eigenvalue weighted by Crippen LogP contribution is 2.35. The van der Waals surface area contributed by atoms with Crippen molar-refractivity contribution in [3.63, 3.8) is 0 Å². The second-order valence-corrected chi connectivity index (χ2v) is 11.9. The second kappa shape index (κ2) is 9.70. The fourth-order valence-corrected chi connectivity index (χ4v) is 2.25. The smallest absolute Gasteiger partial charge is 0.246 e. The van der Waals surface area contributed by atoms with Gasteiger partial charge in [0.15, 0.2) is 0 Å². The Bertz CT molecular complexity index is 461. The lowest BCUT2D eigenvalue weighted by atomic mass is 10.2. The van der Waals surface area contributed by atoms with Gasteiger partial charge in [-0.1, -0.05) is 33.9 Å². The lowest BCUT2D eigenvalue weighted by molar-refractivity contribution is -0.130.